The Morgan fingerprint density at radius 3 is 2.32 bits per heavy atom. The van der Waals surface area contributed by atoms with Crippen LogP contribution in [0.5, 0.6) is 0 Å². The molecule has 7 heteroatoms. The fraction of sp³-hybridized carbons (Fsp3) is 0.533. The minimum Gasteiger partial charge on any atom is -0.325 e. The number of carbonyl (C=O) groups excluding carboxylic acids is 1. The van der Waals surface area contributed by atoms with E-state index < -0.39 is 24.0 Å². The molecule has 1 aliphatic heterocycles. The van der Waals surface area contributed by atoms with Gasteiger partial charge in [-0.3, -0.25) is 4.79 Å². The lowest BCUT2D eigenvalue weighted by Crippen LogP contribution is -2.35. The largest absolute Gasteiger partial charge is 0.393 e. The lowest BCUT2D eigenvalue weighted by atomic mass is 10.0. The van der Waals surface area contributed by atoms with Crippen molar-refractivity contribution in [2.45, 2.75) is 37.4 Å². The van der Waals surface area contributed by atoms with Crippen LogP contribution in [0.15, 0.2) is 24.3 Å². The van der Waals surface area contributed by atoms with Gasteiger partial charge in [0.2, 0.25) is 5.91 Å². The van der Waals surface area contributed by atoms with Crippen molar-refractivity contribution in [1.82, 2.24) is 5.32 Å². The predicted molar refractivity (Wildman–Crippen MR) is 80.2 cm³/mol. The molecule has 1 heterocycles. The summed E-state index contributed by atoms with van der Waals surface area (Å²) in [6, 6.07) is 6.77. The second-order valence-electron chi connectivity index (χ2n) is 5.82. The number of alkyl halides is 3. The molecule has 1 aromatic carbocycles. The van der Waals surface area contributed by atoms with Gasteiger partial charge in [0.15, 0.2) is 0 Å². The molecule has 1 aliphatic carbocycles. The van der Waals surface area contributed by atoms with Crippen molar-refractivity contribution >= 4 is 24.0 Å². The smallest absolute Gasteiger partial charge is 0.325 e. The molecule has 1 amide bonds. The third-order valence-electron chi connectivity index (χ3n) is 4.14. The van der Waals surface area contributed by atoms with E-state index in [2.05, 4.69) is 10.6 Å². The van der Waals surface area contributed by atoms with Crippen LogP contribution in [0, 0.1) is 5.92 Å². The molecule has 1 saturated carbocycles. The highest BCUT2D eigenvalue weighted by Gasteiger charge is 2.45. The van der Waals surface area contributed by atoms with Crippen molar-refractivity contribution in [3.8, 4) is 0 Å². The van der Waals surface area contributed by atoms with E-state index >= 15 is 0 Å². The zero-order chi connectivity index (χ0) is 15.0. The molecule has 0 bridgehead atoms. The van der Waals surface area contributed by atoms with Gasteiger partial charge in [-0.2, -0.15) is 13.2 Å². The zero-order valence-corrected chi connectivity index (χ0v) is 12.6. The number of benzene rings is 1. The van der Waals surface area contributed by atoms with Crippen LogP contribution in [0.3, 0.4) is 0 Å². The molecule has 3 rings (SSSR count). The number of halogens is 4. The van der Waals surface area contributed by atoms with Crippen LogP contribution >= 0.6 is 12.4 Å². The summed E-state index contributed by atoms with van der Waals surface area (Å²) in [4.78, 5) is 12.0. The van der Waals surface area contributed by atoms with Crippen LogP contribution in [0.2, 0.25) is 0 Å². The van der Waals surface area contributed by atoms with E-state index in [0.717, 1.165) is 0 Å². The molecule has 3 nitrogen and oxygen atoms in total. The fourth-order valence-corrected chi connectivity index (χ4v) is 2.67. The van der Waals surface area contributed by atoms with Gasteiger partial charge >= 0.3 is 6.18 Å². The van der Waals surface area contributed by atoms with Gasteiger partial charge in [0.25, 0.3) is 0 Å². The third kappa shape index (κ3) is 3.93. The first kappa shape index (κ1) is 17.1. The molecule has 0 unspecified atom stereocenters. The van der Waals surface area contributed by atoms with E-state index in [0.29, 0.717) is 11.6 Å². The Hall–Kier alpha value is -1.27. The van der Waals surface area contributed by atoms with Crippen molar-refractivity contribution in [3.05, 3.63) is 29.8 Å². The minimum absolute atomic E-state index is 0. The van der Waals surface area contributed by atoms with Gasteiger partial charge < -0.3 is 10.6 Å². The first-order valence-electron chi connectivity index (χ1n) is 7.14. The standard InChI is InChI=1S/C15H17F3N2O.ClH/c16-15(17,18)11-7-13(19-8-11)14(21)20-12-5-3-10(4-6-12)9-1-2-9;/h3-6,9,11,13,19H,1-2,7-8H2,(H,20,21);1H/t11-,13+;/m0./s1. The molecule has 2 atom stereocenters. The number of hydrogen-bond donors (Lipinski definition) is 2. The van der Waals surface area contributed by atoms with Crippen LogP contribution in [0.4, 0.5) is 18.9 Å². The molecule has 1 saturated heterocycles. The maximum atomic E-state index is 12.6. The van der Waals surface area contributed by atoms with Crippen molar-refractivity contribution < 1.29 is 18.0 Å². The van der Waals surface area contributed by atoms with Crippen molar-refractivity contribution in [2.24, 2.45) is 5.92 Å². The van der Waals surface area contributed by atoms with E-state index in [1.54, 1.807) is 0 Å². The van der Waals surface area contributed by atoms with Crippen molar-refractivity contribution in [3.63, 3.8) is 0 Å². The summed E-state index contributed by atoms with van der Waals surface area (Å²) in [7, 11) is 0. The number of anilines is 1. The number of rotatable bonds is 3. The van der Waals surface area contributed by atoms with E-state index in [9.17, 15) is 18.0 Å². The average Bonchev–Trinajstić information content (AvgIpc) is 3.14. The average molecular weight is 335 g/mol. The normalized spacial score (nSPS) is 24.7. The summed E-state index contributed by atoms with van der Waals surface area (Å²) in [6.45, 7) is -0.192. The Balaban J connectivity index is 0.00000176. The van der Waals surface area contributed by atoms with Crippen molar-refractivity contribution in [2.75, 3.05) is 11.9 Å². The Morgan fingerprint density at radius 2 is 1.82 bits per heavy atom. The van der Waals surface area contributed by atoms with Gasteiger partial charge in [-0.1, -0.05) is 12.1 Å². The number of nitrogens with one attached hydrogen (secondary N) is 2. The van der Waals surface area contributed by atoms with Gasteiger partial charge in [-0.05, 0) is 42.9 Å². The zero-order valence-electron chi connectivity index (χ0n) is 11.8. The first-order chi connectivity index (χ1) is 9.93. The molecule has 0 radical (unpaired) electrons. The summed E-state index contributed by atoms with van der Waals surface area (Å²) >= 11 is 0. The molecule has 2 N–H and O–H groups in total. The highest BCUT2D eigenvalue weighted by atomic mass is 35.5. The molecular weight excluding hydrogens is 317 g/mol. The SMILES string of the molecule is Cl.O=C(Nc1ccc(C2CC2)cc1)[C@H]1C[C@H](C(F)(F)F)CN1. The van der Waals surface area contributed by atoms with Crippen LogP contribution in [0.25, 0.3) is 0 Å². The number of amides is 1. The highest BCUT2D eigenvalue weighted by Crippen LogP contribution is 2.40. The summed E-state index contributed by atoms with van der Waals surface area (Å²) in [6.07, 6.45) is -2.03. The molecule has 0 aromatic heterocycles. The summed E-state index contributed by atoms with van der Waals surface area (Å²) in [5.41, 5.74) is 1.88. The molecule has 22 heavy (non-hydrogen) atoms. The molecule has 1 aromatic rings. The maximum absolute atomic E-state index is 12.6. The summed E-state index contributed by atoms with van der Waals surface area (Å²) in [5.74, 6) is -1.20. The highest BCUT2D eigenvalue weighted by molar-refractivity contribution is 5.95. The van der Waals surface area contributed by atoms with Gasteiger partial charge in [-0.15, -0.1) is 12.4 Å². The van der Waals surface area contributed by atoms with Crippen LogP contribution in [-0.4, -0.2) is 24.7 Å². The Labute approximate surface area is 133 Å². The van der Waals surface area contributed by atoms with E-state index in [-0.39, 0.29) is 25.4 Å². The van der Waals surface area contributed by atoms with Crippen LogP contribution in [-0.2, 0) is 4.79 Å². The lowest BCUT2D eigenvalue weighted by Gasteiger charge is -2.14. The van der Waals surface area contributed by atoms with E-state index in [4.69, 9.17) is 0 Å². The van der Waals surface area contributed by atoms with Gasteiger partial charge in [0, 0.05) is 12.2 Å². The number of carbonyl (C=O) groups is 1. The topological polar surface area (TPSA) is 41.1 Å². The van der Waals surface area contributed by atoms with Crippen LogP contribution in [0.1, 0.15) is 30.7 Å². The molecule has 2 aliphatic rings. The first-order valence-corrected chi connectivity index (χ1v) is 7.14. The van der Waals surface area contributed by atoms with E-state index in [1.165, 1.54) is 18.4 Å². The second-order valence-corrected chi connectivity index (χ2v) is 5.82. The molecular formula is C15H18ClF3N2O. The number of hydrogen-bond acceptors (Lipinski definition) is 2. The lowest BCUT2D eigenvalue weighted by molar-refractivity contribution is -0.169. The second kappa shape index (κ2) is 6.46. The fourth-order valence-electron chi connectivity index (χ4n) is 2.67. The van der Waals surface area contributed by atoms with E-state index in [1.807, 2.05) is 24.3 Å². The van der Waals surface area contributed by atoms with Gasteiger partial charge in [0.1, 0.15) is 0 Å². The molecule has 122 valence electrons. The predicted octanol–water partition coefficient (Wildman–Crippen LogP) is 3.46. The van der Waals surface area contributed by atoms with Crippen LogP contribution < -0.4 is 10.6 Å². The quantitative estimate of drug-likeness (QED) is 0.888. The Kier molecular flexibility index (Phi) is 5.02. The Bertz CT molecular complexity index is 529. The summed E-state index contributed by atoms with van der Waals surface area (Å²) < 4.78 is 37.7. The van der Waals surface area contributed by atoms with Gasteiger partial charge in [-0.25, -0.2) is 0 Å². The van der Waals surface area contributed by atoms with Crippen molar-refractivity contribution in [1.29, 1.82) is 0 Å². The minimum atomic E-state index is -4.24. The molecule has 2 fully saturated rings. The maximum Gasteiger partial charge on any atom is 0.393 e. The summed E-state index contributed by atoms with van der Waals surface area (Å²) in [5, 5.41) is 5.31. The monoisotopic (exact) mass is 334 g/mol. The van der Waals surface area contributed by atoms with Gasteiger partial charge in [0.05, 0.1) is 12.0 Å². The third-order valence-corrected chi connectivity index (χ3v) is 4.14. The molecule has 0 spiro atoms. The Morgan fingerprint density at radius 1 is 1.18 bits per heavy atom.